The van der Waals surface area contributed by atoms with Crippen molar-refractivity contribution in [1.29, 1.82) is 0 Å². The van der Waals surface area contributed by atoms with Crippen LogP contribution in [0, 0.1) is 5.92 Å². The van der Waals surface area contributed by atoms with Crippen LogP contribution in [0.25, 0.3) is 0 Å². The third-order valence-corrected chi connectivity index (χ3v) is 5.24. The maximum Gasteiger partial charge on any atom is 0.191 e. The minimum atomic E-state index is -0.335. The van der Waals surface area contributed by atoms with Crippen molar-refractivity contribution in [2.24, 2.45) is 10.9 Å². The molecule has 1 aromatic rings. The Morgan fingerprint density at radius 2 is 2.04 bits per heavy atom. The van der Waals surface area contributed by atoms with Crippen molar-refractivity contribution in [2.75, 3.05) is 19.7 Å². The zero-order chi connectivity index (χ0) is 17.5. The third kappa shape index (κ3) is 4.88. The molecule has 1 saturated carbocycles. The van der Waals surface area contributed by atoms with Gasteiger partial charge in [-0.3, -0.25) is 4.99 Å². The van der Waals surface area contributed by atoms with E-state index in [1.54, 1.807) is 0 Å². The largest absolute Gasteiger partial charge is 0.493 e. The molecule has 5 heteroatoms. The van der Waals surface area contributed by atoms with Crippen LogP contribution < -0.4 is 15.4 Å². The summed E-state index contributed by atoms with van der Waals surface area (Å²) < 4.78 is 5.73. The second-order valence-corrected chi connectivity index (χ2v) is 7.06. The Kier molecular flexibility index (Phi) is 6.56. The number of aliphatic hydroxyl groups excluding tert-OH is 1. The van der Waals surface area contributed by atoms with Gasteiger partial charge >= 0.3 is 0 Å². The summed E-state index contributed by atoms with van der Waals surface area (Å²) in [5.74, 6) is 2.13. The number of hydrogen-bond donors (Lipinski definition) is 3. The van der Waals surface area contributed by atoms with Gasteiger partial charge in [-0.25, -0.2) is 0 Å². The summed E-state index contributed by atoms with van der Waals surface area (Å²) in [4.78, 5) is 4.66. The minimum Gasteiger partial charge on any atom is -0.493 e. The number of nitrogens with one attached hydrogen (secondary N) is 2. The molecule has 1 aliphatic carbocycles. The molecule has 0 spiro atoms. The standard InChI is InChI=1S/C20H31N3O2/c1-2-21-20(22-14-18(24)15-8-4-3-5-9-15)23-17-12-13-25-19-11-7-6-10-16(17)19/h6-7,10-11,15,17-18,24H,2-5,8-9,12-14H2,1H3,(H2,21,22,23). The molecule has 138 valence electrons. The van der Waals surface area contributed by atoms with Crippen molar-refractivity contribution in [3.63, 3.8) is 0 Å². The van der Waals surface area contributed by atoms with Gasteiger partial charge in [0.25, 0.3) is 0 Å². The number of guanidine groups is 1. The van der Waals surface area contributed by atoms with Crippen molar-refractivity contribution in [1.82, 2.24) is 10.6 Å². The molecule has 0 amide bonds. The summed E-state index contributed by atoms with van der Waals surface area (Å²) in [7, 11) is 0. The molecule has 1 aromatic carbocycles. The van der Waals surface area contributed by atoms with Gasteiger partial charge in [0.05, 0.1) is 25.3 Å². The lowest BCUT2D eigenvalue weighted by atomic mass is 9.85. The Hall–Kier alpha value is -1.75. The summed E-state index contributed by atoms with van der Waals surface area (Å²) in [6.07, 6.45) is 6.62. The number of para-hydroxylation sites is 1. The number of ether oxygens (including phenoxy) is 1. The minimum absolute atomic E-state index is 0.189. The van der Waals surface area contributed by atoms with Gasteiger partial charge in [0, 0.05) is 18.5 Å². The zero-order valence-corrected chi connectivity index (χ0v) is 15.2. The van der Waals surface area contributed by atoms with E-state index in [0.29, 0.717) is 19.1 Å². The van der Waals surface area contributed by atoms with Gasteiger partial charge in [-0.15, -0.1) is 0 Å². The Balaban J connectivity index is 1.63. The smallest absolute Gasteiger partial charge is 0.191 e. The van der Waals surface area contributed by atoms with E-state index in [4.69, 9.17) is 4.74 Å². The molecule has 1 fully saturated rings. The number of aliphatic imine (C=N–C) groups is 1. The molecule has 3 rings (SSSR count). The Morgan fingerprint density at radius 3 is 2.84 bits per heavy atom. The van der Waals surface area contributed by atoms with Crippen LogP contribution in [0.4, 0.5) is 0 Å². The normalized spacial score (nSPS) is 22.6. The van der Waals surface area contributed by atoms with E-state index in [1.807, 2.05) is 18.2 Å². The average Bonchev–Trinajstić information content (AvgIpc) is 2.67. The van der Waals surface area contributed by atoms with E-state index in [9.17, 15) is 5.11 Å². The molecular formula is C20H31N3O2. The molecule has 2 aliphatic rings. The Morgan fingerprint density at radius 1 is 1.24 bits per heavy atom. The molecule has 0 bridgehead atoms. The van der Waals surface area contributed by atoms with E-state index in [1.165, 1.54) is 24.8 Å². The van der Waals surface area contributed by atoms with E-state index < -0.39 is 0 Å². The fourth-order valence-electron chi connectivity index (χ4n) is 3.83. The second kappa shape index (κ2) is 9.09. The Labute approximate surface area is 150 Å². The topological polar surface area (TPSA) is 65.9 Å². The van der Waals surface area contributed by atoms with Gasteiger partial charge < -0.3 is 20.5 Å². The first-order valence-corrected chi connectivity index (χ1v) is 9.72. The molecule has 0 saturated heterocycles. The third-order valence-electron chi connectivity index (χ3n) is 5.24. The van der Waals surface area contributed by atoms with E-state index in [-0.39, 0.29) is 12.1 Å². The molecular weight excluding hydrogens is 314 g/mol. The molecule has 5 nitrogen and oxygen atoms in total. The first kappa shape index (κ1) is 18.1. The molecule has 0 aromatic heterocycles. The lowest BCUT2D eigenvalue weighted by Gasteiger charge is -2.29. The molecule has 25 heavy (non-hydrogen) atoms. The van der Waals surface area contributed by atoms with Gasteiger partial charge in [0.15, 0.2) is 5.96 Å². The van der Waals surface area contributed by atoms with Gasteiger partial charge in [-0.2, -0.15) is 0 Å². The van der Waals surface area contributed by atoms with Crippen LogP contribution in [-0.2, 0) is 0 Å². The quantitative estimate of drug-likeness (QED) is 0.567. The van der Waals surface area contributed by atoms with Crippen molar-refractivity contribution in [3.8, 4) is 5.75 Å². The zero-order valence-electron chi connectivity index (χ0n) is 15.2. The molecule has 1 heterocycles. The van der Waals surface area contributed by atoms with E-state index in [0.717, 1.165) is 37.5 Å². The first-order chi connectivity index (χ1) is 12.3. The highest BCUT2D eigenvalue weighted by Gasteiger charge is 2.23. The fraction of sp³-hybridized carbons (Fsp3) is 0.650. The molecule has 2 atom stereocenters. The average molecular weight is 345 g/mol. The fourth-order valence-corrected chi connectivity index (χ4v) is 3.83. The number of rotatable bonds is 5. The Bertz CT molecular complexity index is 570. The highest BCUT2D eigenvalue weighted by atomic mass is 16.5. The molecule has 2 unspecified atom stereocenters. The van der Waals surface area contributed by atoms with Crippen LogP contribution in [0.3, 0.4) is 0 Å². The van der Waals surface area contributed by atoms with Gasteiger partial charge in [0.2, 0.25) is 0 Å². The van der Waals surface area contributed by atoms with Gasteiger partial charge in [0.1, 0.15) is 5.75 Å². The van der Waals surface area contributed by atoms with Crippen molar-refractivity contribution < 1.29 is 9.84 Å². The van der Waals surface area contributed by atoms with E-state index >= 15 is 0 Å². The summed E-state index contributed by atoms with van der Waals surface area (Å²) in [5, 5.41) is 17.3. The molecule has 1 aliphatic heterocycles. The lowest BCUT2D eigenvalue weighted by Crippen LogP contribution is -2.41. The van der Waals surface area contributed by atoms with Crippen LogP contribution in [0.2, 0.25) is 0 Å². The maximum atomic E-state index is 10.5. The predicted octanol–water partition coefficient (Wildman–Crippen LogP) is 3.01. The summed E-state index contributed by atoms with van der Waals surface area (Å²) >= 11 is 0. The predicted molar refractivity (Wildman–Crippen MR) is 101 cm³/mol. The summed E-state index contributed by atoms with van der Waals surface area (Å²) in [6.45, 7) is 4.03. The highest BCUT2D eigenvalue weighted by Crippen LogP contribution is 2.31. The van der Waals surface area contributed by atoms with Gasteiger partial charge in [-0.05, 0) is 31.7 Å². The van der Waals surface area contributed by atoms with Crippen LogP contribution >= 0.6 is 0 Å². The monoisotopic (exact) mass is 345 g/mol. The van der Waals surface area contributed by atoms with Crippen molar-refractivity contribution in [3.05, 3.63) is 29.8 Å². The lowest BCUT2D eigenvalue weighted by molar-refractivity contribution is 0.0923. The number of hydrogen-bond acceptors (Lipinski definition) is 3. The number of fused-ring (bicyclic) bond motifs is 1. The van der Waals surface area contributed by atoms with E-state index in [2.05, 4.69) is 28.6 Å². The summed E-state index contributed by atoms with van der Waals surface area (Å²) in [5.41, 5.74) is 1.17. The van der Waals surface area contributed by atoms with Crippen LogP contribution in [0.5, 0.6) is 5.75 Å². The molecule has 3 N–H and O–H groups in total. The number of aliphatic hydroxyl groups is 1. The van der Waals surface area contributed by atoms with Crippen molar-refractivity contribution >= 4 is 5.96 Å². The number of benzene rings is 1. The maximum absolute atomic E-state index is 10.5. The van der Waals surface area contributed by atoms with Crippen molar-refractivity contribution in [2.45, 2.75) is 57.6 Å². The van der Waals surface area contributed by atoms with Crippen LogP contribution in [0.1, 0.15) is 57.1 Å². The second-order valence-electron chi connectivity index (χ2n) is 7.06. The number of nitrogens with zero attached hydrogens (tertiary/aromatic N) is 1. The van der Waals surface area contributed by atoms with Crippen LogP contribution in [-0.4, -0.2) is 36.9 Å². The SMILES string of the molecule is CCNC(=NCC(O)C1CCCCC1)NC1CCOc2ccccc21. The first-order valence-electron chi connectivity index (χ1n) is 9.72. The molecule has 0 radical (unpaired) electrons. The highest BCUT2D eigenvalue weighted by molar-refractivity contribution is 5.80. The van der Waals surface area contributed by atoms with Crippen LogP contribution in [0.15, 0.2) is 29.3 Å². The summed E-state index contributed by atoms with van der Waals surface area (Å²) in [6, 6.07) is 8.35. The van der Waals surface area contributed by atoms with Gasteiger partial charge in [-0.1, -0.05) is 37.5 Å².